The van der Waals surface area contributed by atoms with Crippen molar-refractivity contribution in [3.63, 3.8) is 0 Å². The molecule has 1 aliphatic heterocycles. The lowest BCUT2D eigenvalue weighted by molar-refractivity contribution is -0.135. The smallest absolute Gasteiger partial charge is 0.239 e. The van der Waals surface area contributed by atoms with E-state index in [9.17, 15) is 9.90 Å². The van der Waals surface area contributed by atoms with Crippen LogP contribution < -0.4 is 5.32 Å². The van der Waals surface area contributed by atoms with Gasteiger partial charge in [-0.3, -0.25) is 4.79 Å². The van der Waals surface area contributed by atoms with E-state index < -0.39 is 0 Å². The summed E-state index contributed by atoms with van der Waals surface area (Å²) in [6, 6.07) is -0.148. The summed E-state index contributed by atoms with van der Waals surface area (Å²) in [6.45, 7) is 3.11. The molecule has 1 heterocycles. The van der Waals surface area contributed by atoms with Crippen molar-refractivity contribution in [3.05, 3.63) is 0 Å². The number of nitrogens with zero attached hydrogens (tertiary/aromatic N) is 1. The fraction of sp³-hybridized carbons (Fsp3) is 0.889. The minimum Gasteiger partial charge on any atom is -0.391 e. The monoisotopic (exact) mass is 186 g/mol. The lowest BCUT2D eigenvalue weighted by Gasteiger charge is -2.31. The van der Waals surface area contributed by atoms with Crippen LogP contribution in [0.5, 0.6) is 0 Å². The molecule has 2 N–H and O–H groups in total. The van der Waals surface area contributed by atoms with Crippen molar-refractivity contribution in [2.75, 3.05) is 20.1 Å². The summed E-state index contributed by atoms with van der Waals surface area (Å²) in [6.07, 6.45) is 1.39. The van der Waals surface area contributed by atoms with Crippen LogP contribution in [0.3, 0.4) is 0 Å². The van der Waals surface area contributed by atoms with Gasteiger partial charge in [0.25, 0.3) is 0 Å². The molecule has 1 amide bonds. The predicted molar refractivity (Wildman–Crippen MR) is 50.3 cm³/mol. The van der Waals surface area contributed by atoms with Crippen LogP contribution in [0.1, 0.15) is 19.8 Å². The Morgan fingerprint density at radius 1 is 1.69 bits per heavy atom. The molecular formula is C9H18N2O2. The summed E-state index contributed by atoms with van der Waals surface area (Å²) >= 11 is 0. The molecule has 1 saturated heterocycles. The van der Waals surface area contributed by atoms with E-state index in [1.807, 2.05) is 6.92 Å². The van der Waals surface area contributed by atoms with Gasteiger partial charge in [0.1, 0.15) is 0 Å². The van der Waals surface area contributed by atoms with Crippen molar-refractivity contribution in [2.45, 2.75) is 31.9 Å². The molecule has 0 spiro atoms. The summed E-state index contributed by atoms with van der Waals surface area (Å²) in [5, 5.41) is 12.3. The number of nitrogens with one attached hydrogen (secondary N) is 1. The third-order valence-corrected chi connectivity index (χ3v) is 2.51. The van der Waals surface area contributed by atoms with E-state index in [4.69, 9.17) is 0 Å². The Kier molecular flexibility index (Phi) is 3.69. The second-order valence-corrected chi connectivity index (χ2v) is 3.59. The molecule has 0 aliphatic carbocycles. The third-order valence-electron chi connectivity index (χ3n) is 2.51. The molecule has 0 aromatic carbocycles. The molecule has 13 heavy (non-hydrogen) atoms. The summed E-state index contributed by atoms with van der Waals surface area (Å²) in [4.78, 5) is 13.4. The minimum atomic E-state index is -0.332. The average molecular weight is 186 g/mol. The maximum atomic E-state index is 11.6. The van der Waals surface area contributed by atoms with Crippen molar-refractivity contribution in [1.29, 1.82) is 0 Å². The number of hydrogen-bond acceptors (Lipinski definition) is 3. The number of likely N-dealkylation sites (N-methyl/N-ethyl adjacent to an activating group) is 1. The quantitative estimate of drug-likeness (QED) is 0.615. The molecule has 1 rings (SSSR count). The van der Waals surface area contributed by atoms with Crippen LogP contribution in [-0.4, -0.2) is 48.2 Å². The van der Waals surface area contributed by atoms with Gasteiger partial charge >= 0.3 is 0 Å². The molecule has 1 fully saturated rings. The van der Waals surface area contributed by atoms with E-state index in [1.54, 1.807) is 11.9 Å². The van der Waals surface area contributed by atoms with Gasteiger partial charge < -0.3 is 15.3 Å². The highest BCUT2D eigenvalue weighted by Gasteiger charge is 2.24. The van der Waals surface area contributed by atoms with Crippen LogP contribution in [0.2, 0.25) is 0 Å². The first-order valence-electron chi connectivity index (χ1n) is 4.79. The highest BCUT2D eigenvalue weighted by molar-refractivity contribution is 5.81. The average Bonchev–Trinajstić information content (AvgIpc) is 2.15. The van der Waals surface area contributed by atoms with Gasteiger partial charge in [0, 0.05) is 13.1 Å². The molecule has 0 bridgehead atoms. The zero-order valence-electron chi connectivity index (χ0n) is 8.29. The van der Waals surface area contributed by atoms with Gasteiger partial charge in [0.15, 0.2) is 0 Å². The van der Waals surface area contributed by atoms with E-state index in [0.717, 1.165) is 19.4 Å². The van der Waals surface area contributed by atoms with Crippen LogP contribution >= 0.6 is 0 Å². The number of carbonyl (C=O) groups excluding carboxylic acids is 1. The van der Waals surface area contributed by atoms with Gasteiger partial charge in [-0.1, -0.05) is 0 Å². The minimum absolute atomic E-state index is 0.0845. The number of amides is 1. The molecule has 0 aromatic rings. The molecule has 0 aromatic heterocycles. The topological polar surface area (TPSA) is 52.6 Å². The number of aliphatic hydroxyl groups is 1. The number of aliphatic hydroxyl groups excluding tert-OH is 1. The normalized spacial score (nSPS) is 25.8. The van der Waals surface area contributed by atoms with Crippen LogP contribution in [0.4, 0.5) is 0 Å². The largest absolute Gasteiger partial charge is 0.391 e. The Bertz CT molecular complexity index is 184. The van der Waals surface area contributed by atoms with Crippen LogP contribution in [0.25, 0.3) is 0 Å². The second kappa shape index (κ2) is 4.58. The standard InChI is InChI=1S/C9H18N2O2/c1-7(10-2)9(13)11-5-3-4-8(12)6-11/h7-8,10,12H,3-6H2,1-2H3/t7?,8-/m0/s1. The highest BCUT2D eigenvalue weighted by atomic mass is 16.3. The molecule has 76 valence electrons. The van der Waals surface area contributed by atoms with Crippen molar-refractivity contribution in [2.24, 2.45) is 0 Å². The molecular weight excluding hydrogens is 168 g/mol. The van der Waals surface area contributed by atoms with Gasteiger partial charge in [-0.2, -0.15) is 0 Å². The molecule has 4 heteroatoms. The summed E-state index contributed by atoms with van der Waals surface area (Å²) in [5.41, 5.74) is 0. The van der Waals surface area contributed by atoms with Crippen molar-refractivity contribution >= 4 is 5.91 Å². The van der Waals surface area contributed by atoms with Crippen molar-refractivity contribution in [3.8, 4) is 0 Å². The Hall–Kier alpha value is -0.610. The Morgan fingerprint density at radius 2 is 2.38 bits per heavy atom. The van der Waals surface area contributed by atoms with E-state index in [-0.39, 0.29) is 18.1 Å². The highest BCUT2D eigenvalue weighted by Crippen LogP contribution is 2.10. The van der Waals surface area contributed by atoms with Gasteiger partial charge in [-0.05, 0) is 26.8 Å². The first-order chi connectivity index (χ1) is 6.15. The van der Waals surface area contributed by atoms with Gasteiger partial charge in [-0.25, -0.2) is 0 Å². The zero-order chi connectivity index (χ0) is 9.84. The molecule has 1 unspecified atom stereocenters. The van der Waals surface area contributed by atoms with Crippen LogP contribution in [0, 0.1) is 0 Å². The van der Waals surface area contributed by atoms with Gasteiger partial charge in [-0.15, -0.1) is 0 Å². The van der Waals surface area contributed by atoms with Crippen molar-refractivity contribution in [1.82, 2.24) is 10.2 Å². The lowest BCUT2D eigenvalue weighted by Crippen LogP contribution is -2.49. The SMILES string of the molecule is CNC(C)C(=O)N1CCC[C@H](O)C1. The summed E-state index contributed by atoms with van der Waals surface area (Å²) in [7, 11) is 1.77. The molecule has 4 nitrogen and oxygen atoms in total. The summed E-state index contributed by atoms with van der Waals surface area (Å²) in [5.74, 6) is 0.0845. The van der Waals surface area contributed by atoms with Crippen LogP contribution in [0.15, 0.2) is 0 Å². The Morgan fingerprint density at radius 3 is 2.92 bits per heavy atom. The van der Waals surface area contributed by atoms with Crippen LogP contribution in [-0.2, 0) is 4.79 Å². The second-order valence-electron chi connectivity index (χ2n) is 3.59. The fourth-order valence-electron chi connectivity index (χ4n) is 1.55. The van der Waals surface area contributed by atoms with Gasteiger partial charge in [0.2, 0.25) is 5.91 Å². The number of carbonyl (C=O) groups is 1. The molecule has 0 radical (unpaired) electrons. The van der Waals surface area contributed by atoms with Crippen molar-refractivity contribution < 1.29 is 9.90 Å². The number of hydrogen-bond donors (Lipinski definition) is 2. The first-order valence-corrected chi connectivity index (χ1v) is 4.79. The number of piperidine rings is 1. The zero-order valence-corrected chi connectivity index (χ0v) is 8.29. The molecule has 2 atom stereocenters. The van der Waals surface area contributed by atoms with E-state index in [0.29, 0.717) is 6.54 Å². The number of likely N-dealkylation sites (tertiary alicyclic amines) is 1. The first kappa shape index (κ1) is 10.5. The van der Waals surface area contributed by atoms with E-state index >= 15 is 0 Å². The summed E-state index contributed by atoms with van der Waals surface area (Å²) < 4.78 is 0. The Labute approximate surface area is 78.9 Å². The number of β-amino-alcohol motifs (C(OH)–C–C–N with tert-alkyl or cyclic N) is 1. The number of rotatable bonds is 2. The predicted octanol–water partition coefficient (Wildman–Crippen LogP) is -0.422. The fourth-order valence-corrected chi connectivity index (χ4v) is 1.55. The molecule has 0 saturated carbocycles. The maximum Gasteiger partial charge on any atom is 0.239 e. The maximum absolute atomic E-state index is 11.6. The third kappa shape index (κ3) is 2.67. The van der Waals surface area contributed by atoms with Gasteiger partial charge in [0.05, 0.1) is 12.1 Å². The van der Waals surface area contributed by atoms with E-state index in [2.05, 4.69) is 5.32 Å². The van der Waals surface area contributed by atoms with E-state index in [1.165, 1.54) is 0 Å². The lowest BCUT2D eigenvalue weighted by atomic mass is 10.1. The Balaban J connectivity index is 2.46. The molecule has 1 aliphatic rings.